The van der Waals surface area contributed by atoms with Crippen LogP contribution in [0.5, 0.6) is 11.5 Å². The van der Waals surface area contributed by atoms with Crippen LogP contribution in [0.1, 0.15) is 47.2 Å². The van der Waals surface area contributed by atoms with Crippen molar-refractivity contribution in [2.24, 2.45) is 4.99 Å². The summed E-state index contributed by atoms with van der Waals surface area (Å²) in [4.78, 5) is 19.8. The second kappa shape index (κ2) is 11.5. The Hall–Kier alpha value is -4.75. The molecule has 0 radical (unpaired) electrons. The first-order chi connectivity index (χ1) is 21.1. The molecular weight excluding hydrogens is 559 g/mol. The first-order valence-electron chi connectivity index (χ1n) is 14.4. The molecule has 1 aliphatic heterocycles. The van der Waals surface area contributed by atoms with Crippen LogP contribution in [0.3, 0.4) is 0 Å². The van der Waals surface area contributed by atoms with Gasteiger partial charge in [-0.1, -0.05) is 84.1 Å². The molecule has 0 bridgehead atoms. The Morgan fingerprint density at radius 1 is 0.930 bits per heavy atom. The van der Waals surface area contributed by atoms with Crippen molar-refractivity contribution in [1.29, 1.82) is 0 Å². The standard InChI is InChI=1S/C36H29FN2O3S/c1-2-41-31-20-24(12-19-30(31)42-22-23-8-4-3-5-9-23)21-32-35(40)39-34(26-13-16-27(37)17-14-26)29-18-15-25-10-6-7-11-28(25)33(29)38-36(39)43-32/h3-14,16-17,19-21,34H,2,15,18,22H2,1H3/b32-21+/t34-/m1/s1. The molecule has 0 fully saturated rings. The van der Waals surface area contributed by atoms with E-state index in [4.69, 9.17) is 14.5 Å². The van der Waals surface area contributed by atoms with E-state index in [1.165, 1.54) is 29.0 Å². The number of thiazole rings is 1. The van der Waals surface area contributed by atoms with Gasteiger partial charge in [0, 0.05) is 5.56 Å². The molecule has 0 spiro atoms. The fraction of sp³-hybridized carbons (Fsp3) is 0.167. The van der Waals surface area contributed by atoms with Gasteiger partial charge in [-0.3, -0.25) is 9.36 Å². The summed E-state index contributed by atoms with van der Waals surface area (Å²) in [5, 5.41) is 0. The number of nitrogens with zero attached hydrogens (tertiary/aromatic N) is 2. The molecular formula is C36H29FN2O3S. The number of hydrogen-bond acceptors (Lipinski definition) is 5. The Labute approximate surface area is 252 Å². The average Bonchev–Trinajstić information content (AvgIpc) is 3.34. The molecule has 0 saturated carbocycles. The average molecular weight is 589 g/mol. The van der Waals surface area contributed by atoms with Crippen molar-refractivity contribution in [2.75, 3.05) is 6.61 Å². The molecule has 0 unspecified atom stereocenters. The van der Waals surface area contributed by atoms with Gasteiger partial charge >= 0.3 is 0 Å². The van der Waals surface area contributed by atoms with Crippen LogP contribution in [0.2, 0.25) is 0 Å². The van der Waals surface area contributed by atoms with Crippen LogP contribution in [0.15, 0.2) is 112 Å². The van der Waals surface area contributed by atoms with Crippen LogP contribution < -0.4 is 24.4 Å². The zero-order valence-corrected chi connectivity index (χ0v) is 24.4. The molecule has 2 aliphatic rings. The van der Waals surface area contributed by atoms with Gasteiger partial charge in [0.05, 0.1) is 22.9 Å². The third kappa shape index (κ3) is 5.21. The second-order valence-corrected chi connectivity index (χ2v) is 11.6. The number of aromatic nitrogens is 1. The van der Waals surface area contributed by atoms with Crippen LogP contribution in [0.25, 0.3) is 11.8 Å². The van der Waals surface area contributed by atoms with E-state index >= 15 is 0 Å². The Morgan fingerprint density at radius 3 is 2.53 bits per heavy atom. The summed E-state index contributed by atoms with van der Waals surface area (Å²) in [6.07, 6.45) is 3.53. The van der Waals surface area contributed by atoms with Gasteiger partial charge in [-0.2, -0.15) is 0 Å². The van der Waals surface area contributed by atoms with E-state index in [0.717, 1.165) is 46.4 Å². The molecule has 5 nitrogen and oxygen atoms in total. The van der Waals surface area contributed by atoms with Crippen molar-refractivity contribution in [2.45, 2.75) is 32.4 Å². The number of hydrogen-bond donors (Lipinski definition) is 0. The van der Waals surface area contributed by atoms with E-state index in [1.807, 2.05) is 73.7 Å². The summed E-state index contributed by atoms with van der Waals surface area (Å²) in [6, 6.07) is 30.1. The van der Waals surface area contributed by atoms with Crippen molar-refractivity contribution >= 4 is 23.1 Å². The molecule has 1 atom stereocenters. The van der Waals surface area contributed by atoms with Crippen LogP contribution in [0, 0.1) is 5.82 Å². The lowest BCUT2D eigenvalue weighted by Crippen LogP contribution is -2.38. The van der Waals surface area contributed by atoms with Crippen molar-refractivity contribution in [3.05, 3.63) is 156 Å². The molecule has 4 aromatic carbocycles. The fourth-order valence-corrected chi connectivity index (χ4v) is 6.86. The maximum Gasteiger partial charge on any atom is 0.271 e. The predicted octanol–water partition coefficient (Wildman–Crippen LogP) is 6.44. The topological polar surface area (TPSA) is 52.8 Å². The lowest BCUT2D eigenvalue weighted by atomic mass is 9.83. The lowest BCUT2D eigenvalue weighted by Gasteiger charge is -2.30. The monoisotopic (exact) mass is 588 g/mol. The number of ether oxygens (including phenoxy) is 2. The molecule has 2 heterocycles. The van der Waals surface area contributed by atoms with Crippen LogP contribution in [-0.2, 0) is 13.0 Å². The number of fused-ring (bicyclic) bond motifs is 3. The molecule has 0 amide bonds. The summed E-state index contributed by atoms with van der Waals surface area (Å²) in [5.74, 6) is 0.962. The Morgan fingerprint density at radius 2 is 1.72 bits per heavy atom. The molecule has 0 saturated heterocycles. The van der Waals surface area contributed by atoms with E-state index in [2.05, 4.69) is 12.1 Å². The molecule has 7 heteroatoms. The lowest BCUT2D eigenvalue weighted by molar-refractivity contribution is 0.269. The van der Waals surface area contributed by atoms with Gasteiger partial charge in [0.15, 0.2) is 16.3 Å². The third-order valence-electron chi connectivity index (χ3n) is 7.86. The molecule has 5 aromatic rings. The minimum Gasteiger partial charge on any atom is -0.490 e. The van der Waals surface area contributed by atoms with E-state index in [9.17, 15) is 9.18 Å². The van der Waals surface area contributed by atoms with Gasteiger partial charge in [-0.15, -0.1) is 0 Å². The summed E-state index contributed by atoms with van der Waals surface area (Å²) in [6.45, 7) is 2.84. The van der Waals surface area contributed by atoms with Crippen molar-refractivity contribution in [3.63, 3.8) is 0 Å². The van der Waals surface area contributed by atoms with Crippen molar-refractivity contribution < 1.29 is 13.9 Å². The second-order valence-electron chi connectivity index (χ2n) is 10.6. The highest BCUT2D eigenvalue weighted by Gasteiger charge is 2.32. The minimum absolute atomic E-state index is 0.120. The van der Waals surface area contributed by atoms with Gasteiger partial charge in [0.1, 0.15) is 12.4 Å². The fourth-order valence-electron chi connectivity index (χ4n) is 5.86. The molecule has 7 rings (SSSR count). The first-order valence-corrected chi connectivity index (χ1v) is 15.2. The summed E-state index contributed by atoms with van der Waals surface area (Å²) >= 11 is 1.37. The first kappa shape index (κ1) is 27.1. The largest absolute Gasteiger partial charge is 0.490 e. The van der Waals surface area contributed by atoms with Crippen LogP contribution in [0.4, 0.5) is 4.39 Å². The highest BCUT2D eigenvalue weighted by atomic mass is 32.1. The number of rotatable bonds is 7. The predicted molar refractivity (Wildman–Crippen MR) is 168 cm³/mol. The summed E-state index contributed by atoms with van der Waals surface area (Å²) in [5.41, 5.74) is 7.00. The van der Waals surface area contributed by atoms with Gasteiger partial charge in [0.2, 0.25) is 0 Å². The quantitative estimate of drug-likeness (QED) is 0.220. The molecule has 1 aliphatic carbocycles. The molecule has 0 N–H and O–H groups in total. The normalized spacial score (nSPS) is 15.8. The third-order valence-corrected chi connectivity index (χ3v) is 8.84. The summed E-state index contributed by atoms with van der Waals surface area (Å²) < 4.78 is 28.3. The van der Waals surface area contributed by atoms with Crippen LogP contribution >= 0.6 is 11.3 Å². The Balaban J connectivity index is 1.32. The van der Waals surface area contributed by atoms with Gasteiger partial charge in [-0.05, 0) is 77.9 Å². The number of allylic oxidation sites excluding steroid dienone is 1. The SMILES string of the molecule is CCOc1cc(/C=c2/sc3n(c2=O)[C@H](c2ccc(F)cc2)C2=C(N=3)c3ccccc3CC2)ccc1OCc1ccccc1. The van der Waals surface area contributed by atoms with Crippen molar-refractivity contribution in [1.82, 2.24) is 4.57 Å². The van der Waals surface area contributed by atoms with Crippen LogP contribution in [-0.4, -0.2) is 11.2 Å². The zero-order valence-electron chi connectivity index (χ0n) is 23.6. The molecule has 214 valence electrons. The molecule has 43 heavy (non-hydrogen) atoms. The number of aryl methyl sites for hydroxylation is 1. The van der Waals surface area contributed by atoms with Gasteiger partial charge in [0.25, 0.3) is 5.56 Å². The van der Waals surface area contributed by atoms with E-state index in [-0.39, 0.29) is 17.4 Å². The summed E-state index contributed by atoms with van der Waals surface area (Å²) in [7, 11) is 0. The minimum atomic E-state index is -0.352. The van der Waals surface area contributed by atoms with E-state index in [1.54, 1.807) is 16.7 Å². The maximum atomic E-state index is 14.1. The zero-order chi connectivity index (χ0) is 29.3. The Kier molecular flexibility index (Phi) is 7.25. The number of halogens is 1. The Bertz CT molecular complexity index is 2030. The highest BCUT2D eigenvalue weighted by Crippen LogP contribution is 2.41. The van der Waals surface area contributed by atoms with Gasteiger partial charge in [-0.25, -0.2) is 9.38 Å². The van der Waals surface area contributed by atoms with Crippen molar-refractivity contribution in [3.8, 4) is 11.5 Å². The van der Waals surface area contributed by atoms with Gasteiger partial charge < -0.3 is 9.47 Å². The van der Waals surface area contributed by atoms with E-state index in [0.29, 0.717) is 34.0 Å². The smallest absolute Gasteiger partial charge is 0.271 e. The number of benzene rings is 4. The molecule has 1 aromatic heterocycles. The van der Waals surface area contributed by atoms with E-state index < -0.39 is 0 Å². The maximum absolute atomic E-state index is 14.1. The highest BCUT2D eigenvalue weighted by molar-refractivity contribution is 7.07.